The van der Waals surface area contributed by atoms with Gasteiger partial charge in [-0.15, -0.1) is 0 Å². The largest absolute Gasteiger partial charge is 0.472 e. The van der Waals surface area contributed by atoms with Crippen molar-refractivity contribution in [3.05, 3.63) is 72.5 Å². The molecule has 7 heterocycles. The molecule has 0 saturated carbocycles. The molecule has 3 aliphatic rings. The summed E-state index contributed by atoms with van der Waals surface area (Å²) in [6.45, 7) is -3.36. The van der Waals surface area contributed by atoms with Crippen molar-refractivity contribution in [3.63, 3.8) is 0 Å². The van der Waals surface area contributed by atoms with E-state index in [4.69, 9.17) is 43.8 Å². The summed E-state index contributed by atoms with van der Waals surface area (Å²) in [6.07, 6.45) is -19.7. The first-order valence-corrected chi connectivity index (χ1v) is 22.5. The number of hydrogen-bond acceptors (Lipinski definition) is 24. The second-order valence-corrected chi connectivity index (χ2v) is 18.0. The fraction of sp³-hybridized carbons (Fsp3) is 0.536. The summed E-state index contributed by atoms with van der Waals surface area (Å²) in [7, 11) is -16.3. The van der Waals surface area contributed by atoms with Crippen LogP contribution in [0.3, 0.4) is 0 Å². The van der Waals surface area contributed by atoms with E-state index in [1.807, 2.05) is 4.98 Å². The normalized spacial score (nSPS) is 31.6. The molecule has 2 unspecified atom stereocenters. The Bertz CT molecular complexity index is 2760. The Labute approximate surface area is 352 Å². The molecule has 14 atom stereocenters. The molecule has 0 radical (unpaired) electrons. The highest BCUT2D eigenvalue weighted by Crippen LogP contribution is 2.52. The molecule has 0 bridgehead atoms. The topological polar surface area (TPSA) is 492 Å². The van der Waals surface area contributed by atoms with Crippen molar-refractivity contribution >= 4 is 46.4 Å². The van der Waals surface area contributed by atoms with E-state index in [1.165, 1.54) is 6.07 Å². The number of fused-ring (bicyclic) bond motifs is 1. The molecule has 36 heteroatoms. The minimum Gasteiger partial charge on any atom is -0.387 e. The number of nitrogens with one attached hydrogen (secondary N) is 2. The zero-order chi connectivity index (χ0) is 46.6. The number of anilines is 2. The van der Waals surface area contributed by atoms with Gasteiger partial charge in [0.25, 0.3) is 11.1 Å². The first kappa shape index (κ1) is 47.5. The molecule has 352 valence electrons. The summed E-state index contributed by atoms with van der Waals surface area (Å²) in [4.78, 5) is 105. The van der Waals surface area contributed by atoms with Gasteiger partial charge in [-0.1, -0.05) is 0 Å². The lowest BCUT2D eigenvalue weighted by atomic mass is 10.1. The van der Waals surface area contributed by atoms with E-state index < -0.39 is 145 Å². The number of aliphatic hydroxyl groups excluding tert-OH is 4. The highest BCUT2D eigenvalue weighted by molar-refractivity contribution is 7.47. The molecule has 33 nitrogen and oxygen atoms in total. The van der Waals surface area contributed by atoms with Crippen LogP contribution in [0.4, 0.5) is 11.8 Å². The Balaban J connectivity index is 1.08. The number of ether oxygens (including phenoxy) is 3. The number of nitrogens with zero attached hydrogens (tertiary/aromatic N) is 6. The Kier molecular flexibility index (Phi) is 13.4. The van der Waals surface area contributed by atoms with Gasteiger partial charge in [0.05, 0.1) is 26.1 Å². The first-order chi connectivity index (χ1) is 29.9. The zero-order valence-corrected chi connectivity index (χ0v) is 34.5. The minimum absolute atomic E-state index is 0.169. The molecule has 7 rings (SSSR count). The summed E-state index contributed by atoms with van der Waals surface area (Å²) in [5.74, 6) is -0.563. The van der Waals surface area contributed by atoms with E-state index >= 15 is 0 Å². The number of aliphatic hydroxyl groups is 4. The first-order valence-electron chi connectivity index (χ1n) is 18.0. The number of nitrogens with two attached hydrogens (primary N) is 2. The average Bonchev–Trinajstić information content (AvgIpc) is 3.92. The highest BCUT2D eigenvalue weighted by atomic mass is 31.2. The van der Waals surface area contributed by atoms with Crippen molar-refractivity contribution in [1.29, 1.82) is 0 Å². The van der Waals surface area contributed by atoms with Crippen LogP contribution in [0.5, 0.6) is 0 Å². The summed E-state index contributed by atoms with van der Waals surface area (Å²) >= 11 is 0. The smallest absolute Gasteiger partial charge is 0.387 e. The SMILES string of the molecule is Nc1ccn([C@@H]2O[C@H](COP(=O)(O)O[C@H]3[C@@H](O)[C@H](n4ccc(=O)[nH]c4=O)O[C@@H]3COP(=O)(O)O[C@H]3[C@@H](O)[C@H](n4cnc5c(=O)[nH]c(N)nc54)O[C@@H]3COP(=O)(O)O)[C@@H](O)[C@H]2O)c(=O)n1. The maximum absolute atomic E-state index is 13.5. The lowest BCUT2D eigenvalue weighted by molar-refractivity contribution is -0.0640. The lowest BCUT2D eigenvalue weighted by Gasteiger charge is -2.26. The van der Waals surface area contributed by atoms with Gasteiger partial charge < -0.3 is 65.7 Å². The molecule has 4 aromatic heterocycles. The van der Waals surface area contributed by atoms with E-state index in [0.29, 0.717) is 4.57 Å². The molecule has 3 fully saturated rings. The second-order valence-electron chi connectivity index (χ2n) is 13.9. The fourth-order valence-electron chi connectivity index (χ4n) is 6.77. The van der Waals surface area contributed by atoms with E-state index in [-0.39, 0.29) is 17.0 Å². The van der Waals surface area contributed by atoms with Crippen LogP contribution in [0, 0.1) is 0 Å². The molecule has 0 aliphatic carbocycles. The van der Waals surface area contributed by atoms with Crippen molar-refractivity contribution in [3.8, 4) is 0 Å². The zero-order valence-electron chi connectivity index (χ0n) is 31.8. The van der Waals surface area contributed by atoms with E-state index in [1.54, 1.807) is 0 Å². The Morgan fingerprint density at radius 3 is 1.78 bits per heavy atom. The van der Waals surface area contributed by atoms with Gasteiger partial charge in [0.1, 0.15) is 60.8 Å². The molecule has 0 spiro atoms. The number of nitrogen functional groups attached to an aromatic ring is 2. The number of rotatable bonds is 16. The van der Waals surface area contributed by atoms with Crippen LogP contribution in [-0.2, 0) is 50.5 Å². The van der Waals surface area contributed by atoms with Crippen molar-refractivity contribution in [2.75, 3.05) is 31.3 Å². The van der Waals surface area contributed by atoms with Gasteiger partial charge in [0.2, 0.25) is 5.95 Å². The molecule has 14 N–H and O–H groups in total. The average molecular weight is 975 g/mol. The van der Waals surface area contributed by atoms with Crippen LogP contribution in [0.25, 0.3) is 11.2 Å². The number of aromatic nitrogens is 8. The number of hydrogen-bond donors (Lipinski definition) is 12. The third-order valence-corrected chi connectivity index (χ3v) is 12.1. The number of aromatic amines is 2. The van der Waals surface area contributed by atoms with E-state index in [2.05, 4.69) is 24.5 Å². The molecule has 0 aromatic carbocycles. The molecule has 3 saturated heterocycles. The van der Waals surface area contributed by atoms with Gasteiger partial charge in [0.15, 0.2) is 29.8 Å². The molecule has 64 heavy (non-hydrogen) atoms. The highest BCUT2D eigenvalue weighted by Gasteiger charge is 2.53. The van der Waals surface area contributed by atoms with Crippen molar-refractivity contribution in [2.24, 2.45) is 0 Å². The van der Waals surface area contributed by atoms with Gasteiger partial charge >= 0.3 is 34.8 Å². The number of phosphoric acid groups is 3. The Morgan fingerprint density at radius 1 is 0.672 bits per heavy atom. The van der Waals surface area contributed by atoms with Crippen LogP contribution in [0.2, 0.25) is 0 Å². The van der Waals surface area contributed by atoms with Crippen LogP contribution >= 0.6 is 23.5 Å². The number of imidazole rings is 1. The number of phosphoric ester groups is 3. The molecule has 3 aliphatic heterocycles. The fourth-order valence-corrected chi connectivity index (χ4v) is 9.04. The quantitative estimate of drug-likeness (QED) is 0.0466. The van der Waals surface area contributed by atoms with Crippen LogP contribution in [-0.4, -0.2) is 153 Å². The maximum Gasteiger partial charge on any atom is 0.472 e. The minimum atomic E-state index is -5.59. The van der Waals surface area contributed by atoms with Crippen LogP contribution in [0.1, 0.15) is 18.7 Å². The molecular weight excluding hydrogens is 937 g/mol. The van der Waals surface area contributed by atoms with Gasteiger partial charge in [-0.05, 0) is 6.07 Å². The van der Waals surface area contributed by atoms with E-state index in [0.717, 1.165) is 33.9 Å². The van der Waals surface area contributed by atoms with Crippen LogP contribution < -0.4 is 34.0 Å². The molecule has 0 amide bonds. The summed E-state index contributed by atoms with van der Waals surface area (Å²) < 4.78 is 82.2. The third kappa shape index (κ3) is 10.2. The van der Waals surface area contributed by atoms with Crippen molar-refractivity contribution < 1.29 is 90.5 Å². The molecule has 4 aromatic rings. The van der Waals surface area contributed by atoms with Crippen molar-refractivity contribution in [1.82, 2.24) is 38.6 Å². The van der Waals surface area contributed by atoms with Crippen molar-refractivity contribution in [2.45, 2.75) is 73.6 Å². The van der Waals surface area contributed by atoms with Gasteiger partial charge in [-0.25, -0.2) is 28.3 Å². The maximum atomic E-state index is 13.5. The Morgan fingerprint density at radius 2 is 1.20 bits per heavy atom. The standard InChI is InChI=1S/C28H37N10O23P3/c29-12-1-3-36(27(45)32-12)23-16(41)15(40)9(57-23)5-55-63(50,51)61-20-11(58-24(17(20)42)37-4-2-13(39)33-28(37)46)7-56-64(52,53)60-19-10(6-54-62(47,48)49)59-25(18(19)43)38-8-31-14-21(38)34-26(30)35-22(14)44/h1-4,8-11,15-20,23-25,40-43H,5-7H2,(H,50,51)(H,52,53)(H2,29,32,45)(H,33,39,46)(H2,47,48,49)(H3,30,34,35,44)/t9-,10-,11-,15-,16-,17-,18-,19-,20-,23-,24-,25-/m1/s1. The van der Waals surface area contributed by atoms with Gasteiger partial charge in [0, 0.05) is 18.5 Å². The lowest BCUT2D eigenvalue weighted by Crippen LogP contribution is -2.39. The summed E-state index contributed by atoms with van der Waals surface area (Å²) in [5.41, 5.74) is 6.69. The Hall–Kier alpha value is -4.44. The monoisotopic (exact) mass is 974 g/mol. The predicted octanol–water partition coefficient (Wildman–Crippen LogP) is -5.66. The molecular formula is C28H37N10O23P3. The predicted molar refractivity (Wildman–Crippen MR) is 202 cm³/mol. The van der Waals surface area contributed by atoms with E-state index in [9.17, 15) is 72.9 Å². The van der Waals surface area contributed by atoms with Crippen LogP contribution in [0.15, 0.2) is 50.0 Å². The summed E-state index contributed by atoms with van der Waals surface area (Å²) in [5, 5.41) is 43.6. The second kappa shape index (κ2) is 18.1. The number of H-pyrrole nitrogens is 2. The van der Waals surface area contributed by atoms with Gasteiger partial charge in [-0.2, -0.15) is 9.97 Å². The van der Waals surface area contributed by atoms with Gasteiger partial charge in [-0.3, -0.25) is 55.9 Å². The summed E-state index contributed by atoms with van der Waals surface area (Å²) in [6, 6.07) is 2.02. The third-order valence-electron chi connectivity index (χ3n) is 9.65.